The normalized spacial score (nSPS) is 15.7. The Labute approximate surface area is 203 Å². The second kappa shape index (κ2) is 10.3. The van der Waals surface area contributed by atoms with E-state index >= 15 is 0 Å². The fourth-order valence-corrected chi connectivity index (χ4v) is 4.92. The van der Waals surface area contributed by atoms with Crippen LogP contribution in [0.25, 0.3) is 6.08 Å². The van der Waals surface area contributed by atoms with Crippen LogP contribution in [0.4, 0.5) is 0 Å². The van der Waals surface area contributed by atoms with Gasteiger partial charge in [-0.15, -0.1) is 0 Å². The number of carbonyl (C=O) groups excluding carboxylic acids is 1. The Hall–Kier alpha value is -2.97. The minimum Gasteiger partial charge on any atom is -0.493 e. The first-order chi connectivity index (χ1) is 16.0. The average molecular weight is 527 g/mol. The molecule has 0 bridgehead atoms. The molecule has 0 radical (unpaired) electrons. The molecule has 4 rings (SSSR count). The number of allylic oxidation sites excluding steroid dienone is 1. The van der Waals surface area contributed by atoms with Crippen LogP contribution >= 0.6 is 27.3 Å². The number of esters is 1. The summed E-state index contributed by atoms with van der Waals surface area (Å²) in [5, 5.41) is 0.756. The quantitative estimate of drug-likeness (QED) is 0.348. The van der Waals surface area contributed by atoms with Gasteiger partial charge in [0, 0.05) is 5.33 Å². The number of fused-ring (bicyclic) bond motifs is 1. The molecule has 2 heterocycles. The highest BCUT2D eigenvalue weighted by Gasteiger charge is 2.33. The average Bonchev–Trinajstić information content (AvgIpc) is 3.12. The highest BCUT2D eigenvalue weighted by Crippen LogP contribution is 2.30. The fourth-order valence-electron chi connectivity index (χ4n) is 3.71. The van der Waals surface area contributed by atoms with E-state index in [1.165, 1.54) is 11.3 Å². The molecule has 170 valence electrons. The zero-order chi connectivity index (χ0) is 23.4. The SMILES string of the molecule is CCOC(=O)C1=C(C)N=c2s/c(=C\c3ccc(OCCBr)cc3)c(=O)n2[C@H]1c1ccccc1. The predicted molar refractivity (Wildman–Crippen MR) is 133 cm³/mol. The third kappa shape index (κ3) is 4.86. The lowest BCUT2D eigenvalue weighted by molar-refractivity contribution is -0.139. The molecule has 0 N–H and O–H groups in total. The second-order valence-corrected chi connectivity index (χ2v) is 9.12. The van der Waals surface area contributed by atoms with E-state index in [4.69, 9.17) is 9.47 Å². The molecule has 8 heteroatoms. The Kier molecular flexibility index (Phi) is 7.25. The minimum atomic E-state index is -0.594. The summed E-state index contributed by atoms with van der Waals surface area (Å²) in [5.41, 5.74) is 2.46. The molecule has 1 aliphatic rings. The van der Waals surface area contributed by atoms with E-state index in [9.17, 15) is 9.59 Å². The van der Waals surface area contributed by atoms with Crippen LogP contribution < -0.4 is 19.6 Å². The van der Waals surface area contributed by atoms with Crippen molar-refractivity contribution in [2.45, 2.75) is 19.9 Å². The van der Waals surface area contributed by atoms with Crippen LogP contribution in [-0.4, -0.2) is 29.1 Å². The third-order valence-electron chi connectivity index (χ3n) is 5.16. The number of carbonyl (C=O) groups is 1. The number of rotatable bonds is 7. The smallest absolute Gasteiger partial charge is 0.338 e. The van der Waals surface area contributed by atoms with Crippen molar-refractivity contribution >= 4 is 39.3 Å². The molecular formula is C25H23BrN2O4S. The zero-order valence-electron chi connectivity index (χ0n) is 18.3. The van der Waals surface area contributed by atoms with Crippen molar-refractivity contribution in [2.75, 3.05) is 18.5 Å². The van der Waals surface area contributed by atoms with Gasteiger partial charge in [-0.05, 0) is 43.2 Å². The van der Waals surface area contributed by atoms with Crippen molar-refractivity contribution in [3.8, 4) is 5.75 Å². The van der Waals surface area contributed by atoms with Gasteiger partial charge in [0.2, 0.25) is 0 Å². The highest BCUT2D eigenvalue weighted by atomic mass is 79.9. The van der Waals surface area contributed by atoms with Gasteiger partial charge in [-0.1, -0.05) is 69.7 Å². The summed E-state index contributed by atoms with van der Waals surface area (Å²) in [6.45, 7) is 4.37. The maximum absolute atomic E-state index is 13.5. The maximum Gasteiger partial charge on any atom is 0.338 e. The number of aromatic nitrogens is 1. The van der Waals surface area contributed by atoms with Crippen LogP contribution in [0, 0.1) is 0 Å². The molecule has 0 saturated heterocycles. The van der Waals surface area contributed by atoms with Gasteiger partial charge in [-0.25, -0.2) is 9.79 Å². The number of alkyl halides is 1. The van der Waals surface area contributed by atoms with Crippen LogP contribution in [0.3, 0.4) is 0 Å². The van der Waals surface area contributed by atoms with Crippen molar-refractivity contribution in [3.63, 3.8) is 0 Å². The fraction of sp³-hybridized carbons (Fsp3) is 0.240. The molecule has 0 aliphatic carbocycles. The summed E-state index contributed by atoms with van der Waals surface area (Å²) >= 11 is 4.65. The molecule has 0 amide bonds. The van der Waals surface area contributed by atoms with Gasteiger partial charge >= 0.3 is 5.97 Å². The standard InChI is InChI=1S/C25H23BrN2O4S/c1-3-31-24(30)21-16(2)27-25-28(22(21)18-7-5-4-6-8-18)23(29)20(33-25)15-17-9-11-19(12-10-17)32-14-13-26/h4-12,15,22H,3,13-14H2,1-2H3/b20-15-/t22-/m0/s1. The Morgan fingerprint density at radius 1 is 1.18 bits per heavy atom. The van der Waals surface area contributed by atoms with Gasteiger partial charge in [0.05, 0.1) is 35.1 Å². The summed E-state index contributed by atoms with van der Waals surface area (Å²) in [4.78, 5) is 31.5. The van der Waals surface area contributed by atoms with Crippen molar-refractivity contribution in [2.24, 2.45) is 4.99 Å². The zero-order valence-corrected chi connectivity index (χ0v) is 20.7. The summed E-state index contributed by atoms with van der Waals surface area (Å²) in [5.74, 6) is 0.313. The summed E-state index contributed by atoms with van der Waals surface area (Å²) < 4.78 is 13.0. The molecule has 0 fully saturated rings. The molecule has 0 saturated carbocycles. The monoisotopic (exact) mass is 526 g/mol. The van der Waals surface area contributed by atoms with E-state index in [-0.39, 0.29) is 12.2 Å². The van der Waals surface area contributed by atoms with Crippen molar-refractivity contribution in [3.05, 3.63) is 96.7 Å². The van der Waals surface area contributed by atoms with Crippen LogP contribution in [0.5, 0.6) is 5.75 Å². The van der Waals surface area contributed by atoms with Gasteiger partial charge < -0.3 is 9.47 Å². The number of benzene rings is 2. The first kappa shape index (κ1) is 23.2. The maximum atomic E-state index is 13.5. The van der Waals surface area contributed by atoms with Gasteiger partial charge in [0.1, 0.15) is 5.75 Å². The molecule has 1 atom stereocenters. The summed E-state index contributed by atoms with van der Waals surface area (Å²) in [6, 6.07) is 16.5. The van der Waals surface area contributed by atoms with Crippen LogP contribution in [0.15, 0.2) is 75.7 Å². The Morgan fingerprint density at radius 3 is 2.58 bits per heavy atom. The lowest BCUT2D eigenvalue weighted by Crippen LogP contribution is -2.39. The summed E-state index contributed by atoms with van der Waals surface area (Å²) in [6.07, 6.45) is 1.84. The van der Waals surface area contributed by atoms with E-state index in [0.717, 1.165) is 22.2 Å². The molecule has 0 unspecified atom stereocenters. The molecule has 0 spiro atoms. The molecule has 6 nitrogen and oxygen atoms in total. The Balaban J connectivity index is 1.83. The van der Waals surface area contributed by atoms with Gasteiger partial charge in [-0.2, -0.15) is 0 Å². The molecule has 1 aliphatic heterocycles. The summed E-state index contributed by atoms with van der Waals surface area (Å²) in [7, 11) is 0. The van der Waals surface area contributed by atoms with Gasteiger partial charge in [0.15, 0.2) is 4.80 Å². The largest absolute Gasteiger partial charge is 0.493 e. The minimum absolute atomic E-state index is 0.193. The topological polar surface area (TPSA) is 69.9 Å². The first-order valence-corrected chi connectivity index (χ1v) is 12.5. The molecule has 33 heavy (non-hydrogen) atoms. The number of thiazole rings is 1. The van der Waals surface area contributed by atoms with Crippen LogP contribution in [0.2, 0.25) is 0 Å². The van der Waals surface area contributed by atoms with E-state index < -0.39 is 12.0 Å². The van der Waals surface area contributed by atoms with Crippen molar-refractivity contribution < 1.29 is 14.3 Å². The first-order valence-electron chi connectivity index (χ1n) is 10.6. The van der Waals surface area contributed by atoms with E-state index in [1.54, 1.807) is 18.4 Å². The van der Waals surface area contributed by atoms with E-state index in [1.807, 2.05) is 60.7 Å². The van der Waals surface area contributed by atoms with Crippen LogP contribution in [-0.2, 0) is 9.53 Å². The number of nitrogens with zero attached hydrogens (tertiary/aromatic N) is 2. The third-order valence-corrected chi connectivity index (χ3v) is 6.46. The number of ether oxygens (including phenoxy) is 2. The Bertz CT molecular complexity index is 1360. The number of hydrogen-bond donors (Lipinski definition) is 0. The van der Waals surface area contributed by atoms with Crippen molar-refractivity contribution in [1.29, 1.82) is 0 Å². The van der Waals surface area contributed by atoms with Crippen LogP contribution in [0.1, 0.15) is 31.0 Å². The molecule has 1 aromatic heterocycles. The predicted octanol–water partition coefficient (Wildman–Crippen LogP) is 3.57. The van der Waals surface area contributed by atoms with E-state index in [2.05, 4.69) is 20.9 Å². The van der Waals surface area contributed by atoms with Gasteiger partial charge in [-0.3, -0.25) is 9.36 Å². The van der Waals surface area contributed by atoms with Gasteiger partial charge in [0.25, 0.3) is 5.56 Å². The number of halogens is 1. The second-order valence-electron chi connectivity index (χ2n) is 7.32. The lowest BCUT2D eigenvalue weighted by Gasteiger charge is -2.24. The highest BCUT2D eigenvalue weighted by molar-refractivity contribution is 9.09. The molecular weight excluding hydrogens is 504 g/mol. The Morgan fingerprint density at radius 2 is 1.91 bits per heavy atom. The molecule has 3 aromatic rings. The van der Waals surface area contributed by atoms with Crippen molar-refractivity contribution in [1.82, 2.24) is 4.57 Å². The van der Waals surface area contributed by atoms with E-state index in [0.29, 0.717) is 27.2 Å². The lowest BCUT2D eigenvalue weighted by atomic mass is 9.96. The number of hydrogen-bond acceptors (Lipinski definition) is 6. The molecule has 2 aromatic carbocycles.